The summed E-state index contributed by atoms with van der Waals surface area (Å²) in [4.78, 5) is 21.5. The van der Waals surface area contributed by atoms with Crippen LogP contribution in [0.1, 0.15) is 0 Å². The first-order valence-electron chi connectivity index (χ1n) is 5.27. The van der Waals surface area contributed by atoms with E-state index in [1.807, 2.05) is 30.3 Å². The van der Waals surface area contributed by atoms with Gasteiger partial charge in [0.25, 0.3) is 0 Å². The Morgan fingerprint density at radius 2 is 1.71 bits per heavy atom. The molecule has 4 nitrogen and oxygen atoms in total. The van der Waals surface area contributed by atoms with Gasteiger partial charge in [0.15, 0.2) is 0 Å². The van der Waals surface area contributed by atoms with Crippen LogP contribution in [0.15, 0.2) is 51.0 Å². The maximum Gasteiger partial charge on any atom is 0.330 e. The van der Waals surface area contributed by atoms with Crippen LogP contribution in [-0.4, -0.2) is 26.2 Å². The van der Waals surface area contributed by atoms with Gasteiger partial charge in [-0.15, -0.1) is 20.9 Å². The summed E-state index contributed by atoms with van der Waals surface area (Å²) in [7, 11) is 2.47. The summed E-state index contributed by atoms with van der Waals surface area (Å²) in [6.07, 6.45) is 1.18. The van der Waals surface area contributed by atoms with Crippen molar-refractivity contribution in [3.8, 4) is 0 Å². The van der Waals surface area contributed by atoms with Crippen LogP contribution in [0.25, 0.3) is 0 Å². The average Bonchev–Trinajstić information content (AvgIpc) is 3.04. The van der Waals surface area contributed by atoms with E-state index < -0.39 is 11.9 Å². The molecule has 0 unspecified atom stereocenters. The van der Waals surface area contributed by atoms with Crippen molar-refractivity contribution < 1.29 is 35.8 Å². The van der Waals surface area contributed by atoms with E-state index >= 15 is 0 Å². The molecule has 0 aliphatic carbocycles. The van der Waals surface area contributed by atoms with Crippen LogP contribution < -0.4 is 0 Å². The molecule has 0 aromatic heterocycles. The molecular weight excluding hydrogens is 375 g/mol. The fourth-order valence-corrected chi connectivity index (χ4v) is 1.74. The molecule has 0 aliphatic heterocycles. The van der Waals surface area contributed by atoms with Crippen molar-refractivity contribution in [2.75, 3.05) is 14.2 Å². The molecule has 0 atom stereocenters. The summed E-state index contributed by atoms with van der Waals surface area (Å²) in [5, 5.41) is 1.39. The smallest absolute Gasteiger partial charge is 0.330 e. The van der Waals surface area contributed by atoms with Gasteiger partial charge in [0.05, 0.1) is 14.2 Å². The molecule has 0 bridgehead atoms. The molecule has 21 heavy (non-hydrogen) atoms. The first-order chi connectivity index (χ1) is 9.52. The van der Waals surface area contributed by atoms with Gasteiger partial charge in [0, 0.05) is 22.9 Å². The maximum atomic E-state index is 10.9. The number of ether oxygens (including phenoxy) is 2. The van der Waals surface area contributed by atoms with E-state index in [0.29, 0.717) is 0 Å². The normalized spacial score (nSPS) is 10.6. The Morgan fingerprint density at radius 3 is 2.10 bits per heavy atom. The van der Waals surface area contributed by atoms with Gasteiger partial charge >= 0.3 is 11.9 Å². The molecule has 0 N–H and O–H groups in total. The standard InChI is InChI=1S/C8H10O4S3.C5H5.Co/c1-11-5(9)3-4-15-8(14)6(13)7(10)12-2;1-2-4-5-3-1;/h3-4,13-14H,1-2H3;1-5H;/q;-1;/p-2/b4-3-,8-6+;;. The fourth-order valence-electron chi connectivity index (χ4n) is 0.770. The summed E-state index contributed by atoms with van der Waals surface area (Å²) in [5.41, 5.74) is 0. The van der Waals surface area contributed by atoms with Gasteiger partial charge in [0.2, 0.25) is 0 Å². The number of esters is 2. The first-order valence-corrected chi connectivity index (χ1v) is 6.97. The minimum Gasteiger partial charge on any atom is -0.774 e. The van der Waals surface area contributed by atoms with E-state index in [2.05, 4.69) is 9.47 Å². The Hall–Kier alpha value is -0.934. The van der Waals surface area contributed by atoms with E-state index in [1.165, 1.54) is 25.7 Å². The van der Waals surface area contributed by atoms with E-state index in [1.54, 1.807) is 0 Å². The summed E-state index contributed by atoms with van der Waals surface area (Å²) < 4.78 is 8.92. The molecule has 1 aromatic rings. The SMILES string of the molecule is COC(=O)/C=C\S/C([S-])=C(/[S-])C(=O)OC.[Co].c1cc[cH-]c1. The molecule has 119 valence electrons. The van der Waals surface area contributed by atoms with Crippen molar-refractivity contribution in [2.24, 2.45) is 0 Å². The second-order valence-corrected chi connectivity index (χ2v) is 5.01. The van der Waals surface area contributed by atoms with Crippen LogP contribution in [0.4, 0.5) is 0 Å². The summed E-state index contributed by atoms with van der Waals surface area (Å²) in [5.74, 6) is -1.16. The summed E-state index contributed by atoms with van der Waals surface area (Å²) in [6, 6.07) is 10.0. The molecule has 0 heterocycles. The predicted octanol–water partition coefficient (Wildman–Crippen LogP) is 2.25. The average molecular weight is 388 g/mol. The van der Waals surface area contributed by atoms with Gasteiger partial charge in [-0.2, -0.15) is 18.2 Å². The number of carbonyl (C=O) groups excluding carboxylic acids is 2. The van der Waals surface area contributed by atoms with Crippen molar-refractivity contribution >= 4 is 49.0 Å². The van der Waals surface area contributed by atoms with Gasteiger partial charge < -0.3 is 34.7 Å². The zero-order valence-electron chi connectivity index (χ0n) is 11.2. The predicted molar refractivity (Wildman–Crippen MR) is 84.6 cm³/mol. The maximum absolute atomic E-state index is 10.9. The number of hydrogen-bond donors (Lipinski definition) is 0. The molecule has 1 rings (SSSR count). The Balaban J connectivity index is 0. The molecular formula is C13H13CoO4S3-3. The van der Waals surface area contributed by atoms with Crippen molar-refractivity contribution in [3.63, 3.8) is 0 Å². The summed E-state index contributed by atoms with van der Waals surface area (Å²) >= 11 is 10.5. The quantitative estimate of drug-likeness (QED) is 0.339. The topological polar surface area (TPSA) is 52.6 Å². The van der Waals surface area contributed by atoms with Crippen LogP contribution in [0.3, 0.4) is 0 Å². The number of thioether (sulfide) groups is 1. The molecule has 1 aromatic carbocycles. The first kappa shape index (κ1) is 22.3. The molecule has 0 amide bonds. The van der Waals surface area contributed by atoms with Crippen LogP contribution in [0.2, 0.25) is 0 Å². The van der Waals surface area contributed by atoms with Crippen molar-refractivity contribution in [3.05, 3.63) is 51.0 Å². The fraction of sp³-hybridized carbons (Fsp3) is 0.154. The Bertz CT molecular complexity index is 453. The minimum atomic E-state index is -0.658. The van der Waals surface area contributed by atoms with Crippen LogP contribution in [-0.2, 0) is 61.1 Å². The molecule has 0 saturated carbocycles. The second-order valence-electron chi connectivity index (χ2n) is 3.01. The zero-order valence-corrected chi connectivity index (χ0v) is 14.7. The zero-order chi connectivity index (χ0) is 15.4. The van der Waals surface area contributed by atoms with Gasteiger partial charge in [-0.3, -0.25) is 0 Å². The van der Waals surface area contributed by atoms with Crippen LogP contribution in [0.5, 0.6) is 0 Å². The van der Waals surface area contributed by atoms with Gasteiger partial charge in [-0.1, -0.05) is 0 Å². The third kappa shape index (κ3) is 11.4. The third-order valence-electron chi connectivity index (χ3n) is 1.69. The third-order valence-corrected chi connectivity index (χ3v) is 3.50. The van der Waals surface area contributed by atoms with E-state index in [9.17, 15) is 9.59 Å². The molecule has 0 fully saturated rings. The van der Waals surface area contributed by atoms with Gasteiger partial charge in [0.1, 0.15) is 0 Å². The van der Waals surface area contributed by atoms with Crippen LogP contribution >= 0.6 is 11.8 Å². The largest absolute Gasteiger partial charge is 0.774 e. The van der Waals surface area contributed by atoms with Gasteiger partial charge in [-0.05, 0) is 5.41 Å². The molecule has 0 aliphatic rings. The molecule has 0 spiro atoms. The van der Waals surface area contributed by atoms with E-state index in [0.717, 1.165) is 11.8 Å². The number of hydrogen-bond acceptors (Lipinski definition) is 7. The van der Waals surface area contributed by atoms with Gasteiger partial charge in [-0.25, -0.2) is 21.7 Å². The molecule has 1 radical (unpaired) electrons. The second kappa shape index (κ2) is 14.0. The molecule has 8 heteroatoms. The Kier molecular flexibility index (Phi) is 14.9. The van der Waals surface area contributed by atoms with E-state index in [4.69, 9.17) is 25.3 Å². The Labute approximate surface area is 149 Å². The van der Waals surface area contributed by atoms with Crippen molar-refractivity contribution in [1.29, 1.82) is 0 Å². The molecule has 0 saturated heterocycles. The summed E-state index contributed by atoms with van der Waals surface area (Å²) in [6.45, 7) is 0. The Morgan fingerprint density at radius 1 is 1.14 bits per heavy atom. The van der Waals surface area contributed by atoms with Crippen LogP contribution in [0, 0.1) is 0 Å². The van der Waals surface area contributed by atoms with Crippen molar-refractivity contribution in [2.45, 2.75) is 0 Å². The minimum absolute atomic E-state index is 0. The number of rotatable bonds is 4. The van der Waals surface area contributed by atoms with E-state index in [-0.39, 0.29) is 25.9 Å². The number of methoxy groups -OCH3 is 2. The monoisotopic (exact) mass is 388 g/mol. The number of carbonyl (C=O) groups is 2. The van der Waals surface area contributed by atoms with Crippen molar-refractivity contribution in [1.82, 2.24) is 0 Å².